The van der Waals surface area contributed by atoms with Crippen LogP contribution in [0.3, 0.4) is 0 Å². The van der Waals surface area contributed by atoms with E-state index in [4.69, 9.17) is 0 Å². The summed E-state index contributed by atoms with van der Waals surface area (Å²) in [5, 5.41) is 12.5. The van der Waals surface area contributed by atoms with Gasteiger partial charge < -0.3 is 4.90 Å². The molecule has 1 N–H and O–H groups in total. The first-order chi connectivity index (χ1) is 9.02. The third-order valence-electron chi connectivity index (χ3n) is 4.69. The first-order valence-corrected chi connectivity index (χ1v) is 7.92. The molecule has 1 aliphatic rings. The van der Waals surface area contributed by atoms with Gasteiger partial charge in [0.1, 0.15) is 5.54 Å². The fourth-order valence-corrected chi connectivity index (χ4v) is 3.10. The second-order valence-corrected chi connectivity index (χ2v) is 6.33. The molecule has 0 saturated carbocycles. The van der Waals surface area contributed by atoms with Gasteiger partial charge in [0.15, 0.2) is 0 Å². The van der Waals surface area contributed by atoms with Crippen LogP contribution in [0.2, 0.25) is 0 Å². The Morgan fingerprint density at radius 1 is 1.37 bits per heavy atom. The van der Waals surface area contributed by atoms with E-state index in [-0.39, 0.29) is 5.54 Å². The van der Waals surface area contributed by atoms with Crippen molar-refractivity contribution in [2.45, 2.75) is 71.4 Å². The zero-order valence-corrected chi connectivity index (χ0v) is 13.2. The fourth-order valence-electron chi connectivity index (χ4n) is 3.10. The molecular weight excluding hydrogens is 234 g/mol. The molecule has 1 aliphatic heterocycles. The predicted octanol–water partition coefficient (Wildman–Crippen LogP) is 3.17. The summed E-state index contributed by atoms with van der Waals surface area (Å²) >= 11 is 0. The standard InChI is InChI=1S/C16H31N3/c1-5-18-16(4,13-17)10-6-7-11-19-12-8-9-14(2)15(19)3/h14-15,18H,5-12H2,1-4H3. The van der Waals surface area contributed by atoms with Gasteiger partial charge in [-0.3, -0.25) is 5.32 Å². The fraction of sp³-hybridized carbons (Fsp3) is 0.938. The summed E-state index contributed by atoms with van der Waals surface area (Å²) in [5.74, 6) is 0.833. The molecule has 0 aromatic carbocycles. The van der Waals surface area contributed by atoms with Crippen LogP contribution in [0.1, 0.15) is 59.8 Å². The Balaban J connectivity index is 2.25. The number of nitrogens with zero attached hydrogens (tertiary/aromatic N) is 2. The average Bonchev–Trinajstić information content (AvgIpc) is 2.40. The third-order valence-corrected chi connectivity index (χ3v) is 4.69. The minimum Gasteiger partial charge on any atom is -0.300 e. The molecule has 3 heteroatoms. The van der Waals surface area contributed by atoms with E-state index in [1.165, 1.54) is 32.4 Å². The summed E-state index contributed by atoms with van der Waals surface area (Å²) in [4.78, 5) is 2.63. The lowest BCUT2D eigenvalue weighted by atomic mass is 9.91. The maximum absolute atomic E-state index is 9.22. The molecule has 19 heavy (non-hydrogen) atoms. The van der Waals surface area contributed by atoms with Crippen molar-refractivity contribution in [1.82, 2.24) is 10.2 Å². The highest BCUT2D eigenvalue weighted by Gasteiger charge is 2.25. The van der Waals surface area contributed by atoms with E-state index in [9.17, 15) is 5.26 Å². The highest BCUT2D eigenvalue weighted by Crippen LogP contribution is 2.23. The monoisotopic (exact) mass is 265 g/mol. The highest BCUT2D eigenvalue weighted by molar-refractivity contribution is 5.03. The van der Waals surface area contributed by atoms with Crippen LogP contribution in [0.25, 0.3) is 0 Å². The maximum atomic E-state index is 9.22. The van der Waals surface area contributed by atoms with E-state index in [0.717, 1.165) is 31.3 Å². The Labute approximate surface area is 119 Å². The smallest absolute Gasteiger partial charge is 0.103 e. The van der Waals surface area contributed by atoms with E-state index in [1.54, 1.807) is 0 Å². The highest BCUT2D eigenvalue weighted by atomic mass is 15.2. The van der Waals surface area contributed by atoms with E-state index < -0.39 is 0 Å². The summed E-state index contributed by atoms with van der Waals surface area (Å²) in [5.41, 5.74) is -0.338. The molecule has 3 atom stereocenters. The summed E-state index contributed by atoms with van der Waals surface area (Å²) in [7, 11) is 0. The topological polar surface area (TPSA) is 39.1 Å². The Morgan fingerprint density at radius 2 is 2.11 bits per heavy atom. The van der Waals surface area contributed by atoms with Crippen LogP contribution >= 0.6 is 0 Å². The van der Waals surface area contributed by atoms with E-state index in [1.807, 2.05) is 6.92 Å². The SMILES string of the molecule is CCNC(C)(C#N)CCCCN1CCCC(C)C1C. The maximum Gasteiger partial charge on any atom is 0.103 e. The van der Waals surface area contributed by atoms with Crippen LogP contribution < -0.4 is 5.32 Å². The minimum absolute atomic E-state index is 0.338. The van der Waals surface area contributed by atoms with Gasteiger partial charge in [0.2, 0.25) is 0 Å². The molecule has 3 nitrogen and oxygen atoms in total. The van der Waals surface area contributed by atoms with Gasteiger partial charge in [-0.1, -0.05) is 13.8 Å². The van der Waals surface area contributed by atoms with Crippen molar-refractivity contribution in [3.63, 3.8) is 0 Å². The molecule has 0 aromatic rings. The zero-order chi connectivity index (χ0) is 14.3. The number of likely N-dealkylation sites (tertiary alicyclic amines) is 1. The van der Waals surface area contributed by atoms with Crippen molar-refractivity contribution in [3.05, 3.63) is 0 Å². The van der Waals surface area contributed by atoms with Gasteiger partial charge in [0, 0.05) is 6.04 Å². The van der Waals surface area contributed by atoms with Crippen molar-refractivity contribution < 1.29 is 0 Å². The molecular formula is C16H31N3. The summed E-state index contributed by atoms with van der Waals surface area (Å²) in [6.45, 7) is 12.1. The van der Waals surface area contributed by atoms with Crippen molar-refractivity contribution in [3.8, 4) is 6.07 Å². The lowest BCUT2D eigenvalue weighted by Gasteiger charge is -2.38. The van der Waals surface area contributed by atoms with Gasteiger partial charge in [-0.05, 0) is 71.5 Å². The van der Waals surface area contributed by atoms with Gasteiger partial charge >= 0.3 is 0 Å². The average molecular weight is 265 g/mol. The second kappa shape index (κ2) is 7.87. The molecule has 0 radical (unpaired) electrons. The number of piperidine rings is 1. The van der Waals surface area contributed by atoms with Gasteiger partial charge in [0.25, 0.3) is 0 Å². The number of hydrogen-bond acceptors (Lipinski definition) is 3. The summed E-state index contributed by atoms with van der Waals surface area (Å²) in [6.07, 6.45) is 6.02. The lowest BCUT2D eigenvalue weighted by molar-refractivity contribution is 0.111. The number of hydrogen-bond donors (Lipinski definition) is 1. The molecule has 0 aliphatic carbocycles. The van der Waals surface area contributed by atoms with Gasteiger partial charge in [-0.2, -0.15) is 5.26 Å². The first kappa shape index (κ1) is 16.5. The number of unbranched alkanes of at least 4 members (excludes halogenated alkanes) is 1. The molecule has 110 valence electrons. The number of nitrogens with one attached hydrogen (secondary N) is 1. The second-order valence-electron chi connectivity index (χ2n) is 6.33. The van der Waals surface area contributed by atoms with Crippen LogP contribution in [0, 0.1) is 17.2 Å². The summed E-state index contributed by atoms with van der Waals surface area (Å²) in [6, 6.07) is 3.14. The molecule has 0 amide bonds. The van der Waals surface area contributed by atoms with Crippen molar-refractivity contribution in [2.75, 3.05) is 19.6 Å². The van der Waals surface area contributed by atoms with Gasteiger partial charge in [0.05, 0.1) is 6.07 Å². The lowest BCUT2D eigenvalue weighted by Crippen LogP contribution is -2.43. The molecule has 1 fully saturated rings. The predicted molar refractivity (Wildman–Crippen MR) is 81.0 cm³/mol. The largest absolute Gasteiger partial charge is 0.300 e. The molecule has 1 heterocycles. The minimum atomic E-state index is -0.338. The Kier molecular flexibility index (Phi) is 6.82. The van der Waals surface area contributed by atoms with Crippen molar-refractivity contribution in [2.24, 2.45) is 5.92 Å². The molecule has 0 aromatic heterocycles. The van der Waals surface area contributed by atoms with Gasteiger partial charge in [-0.25, -0.2) is 0 Å². The first-order valence-electron chi connectivity index (χ1n) is 7.92. The molecule has 3 unspecified atom stereocenters. The Bertz CT molecular complexity index is 297. The summed E-state index contributed by atoms with van der Waals surface area (Å²) < 4.78 is 0. The van der Waals surface area contributed by atoms with Crippen LogP contribution in [0.15, 0.2) is 0 Å². The zero-order valence-electron chi connectivity index (χ0n) is 13.2. The van der Waals surface area contributed by atoms with E-state index in [0.29, 0.717) is 0 Å². The quantitative estimate of drug-likeness (QED) is 0.719. The Morgan fingerprint density at radius 3 is 2.74 bits per heavy atom. The van der Waals surface area contributed by atoms with E-state index >= 15 is 0 Å². The number of rotatable bonds is 7. The molecule has 0 bridgehead atoms. The van der Waals surface area contributed by atoms with Crippen LogP contribution in [0.4, 0.5) is 0 Å². The molecule has 1 rings (SSSR count). The van der Waals surface area contributed by atoms with E-state index in [2.05, 4.69) is 37.1 Å². The molecule has 0 spiro atoms. The van der Waals surface area contributed by atoms with Crippen LogP contribution in [-0.4, -0.2) is 36.1 Å². The normalized spacial score (nSPS) is 27.7. The third kappa shape index (κ3) is 5.12. The van der Waals surface area contributed by atoms with Crippen molar-refractivity contribution >= 4 is 0 Å². The Hall–Kier alpha value is -0.590. The number of nitriles is 1. The van der Waals surface area contributed by atoms with Crippen LogP contribution in [-0.2, 0) is 0 Å². The van der Waals surface area contributed by atoms with Crippen molar-refractivity contribution in [1.29, 1.82) is 5.26 Å². The molecule has 1 saturated heterocycles. The van der Waals surface area contributed by atoms with Gasteiger partial charge in [-0.15, -0.1) is 0 Å². The van der Waals surface area contributed by atoms with Crippen LogP contribution in [0.5, 0.6) is 0 Å².